The van der Waals surface area contributed by atoms with Crippen molar-refractivity contribution in [3.05, 3.63) is 42.7 Å². The van der Waals surface area contributed by atoms with E-state index >= 15 is 0 Å². The fourth-order valence-corrected chi connectivity index (χ4v) is 1.63. The molecule has 0 bridgehead atoms. The predicted molar refractivity (Wildman–Crippen MR) is 78.8 cm³/mol. The second-order valence-electron chi connectivity index (χ2n) is 4.25. The lowest BCUT2D eigenvalue weighted by Gasteiger charge is -2.06. The molecule has 1 heterocycles. The first-order chi connectivity index (χ1) is 10.3. The van der Waals surface area contributed by atoms with Gasteiger partial charge in [-0.05, 0) is 0 Å². The van der Waals surface area contributed by atoms with Crippen LogP contribution >= 0.6 is 0 Å². The minimum absolute atomic E-state index is 0.0240. The molecule has 0 fully saturated rings. The van der Waals surface area contributed by atoms with Gasteiger partial charge in [0, 0.05) is 12.7 Å². The second kappa shape index (κ2) is 8.08. The summed E-state index contributed by atoms with van der Waals surface area (Å²) >= 11 is 0. The van der Waals surface area contributed by atoms with Gasteiger partial charge in [-0.2, -0.15) is 0 Å². The molecule has 0 atom stereocenters. The maximum Gasteiger partial charge on any atom is 0.250 e. The zero-order chi connectivity index (χ0) is 14.9. The molecular formula is C15H17N3O3. The number of nitrogens with one attached hydrogen (secondary N) is 1. The van der Waals surface area contributed by atoms with Crippen LogP contribution in [0.1, 0.15) is 0 Å². The van der Waals surface area contributed by atoms with Gasteiger partial charge in [0.15, 0.2) is 5.82 Å². The topological polar surface area (TPSA) is 73.3 Å². The zero-order valence-corrected chi connectivity index (χ0v) is 11.8. The summed E-state index contributed by atoms with van der Waals surface area (Å²) < 4.78 is 9.94. The van der Waals surface area contributed by atoms with Crippen molar-refractivity contribution in [3.63, 3.8) is 0 Å². The van der Waals surface area contributed by atoms with E-state index in [-0.39, 0.29) is 12.5 Å². The van der Waals surface area contributed by atoms with Crippen LogP contribution in [0.5, 0.6) is 0 Å². The summed E-state index contributed by atoms with van der Waals surface area (Å²) in [6.45, 7) is 0.819. The normalized spacial score (nSPS) is 10.3. The van der Waals surface area contributed by atoms with Crippen molar-refractivity contribution in [2.75, 3.05) is 32.2 Å². The molecule has 6 heteroatoms. The summed E-state index contributed by atoms with van der Waals surface area (Å²) in [4.78, 5) is 20.0. The number of carbonyl (C=O) groups is 1. The standard InChI is InChI=1S/C15H17N3O3/c1-20-7-8-21-11-14(19)18-13-9-16-15(17-10-13)12-5-3-2-4-6-12/h2-6,9-10H,7-8,11H2,1H3,(H,18,19). The molecule has 0 saturated carbocycles. The van der Waals surface area contributed by atoms with Gasteiger partial charge < -0.3 is 14.8 Å². The molecule has 2 aromatic rings. The first-order valence-corrected chi connectivity index (χ1v) is 6.53. The van der Waals surface area contributed by atoms with E-state index in [0.717, 1.165) is 5.56 Å². The molecule has 1 aromatic carbocycles. The van der Waals surface area contributed by atoms with Crippen LogP contribution < -0.4 is 5.32 Å². The Hall–Kier alpha value is -2.31. The maximum atomic E-state index is 11.6. The van der Waals surface area contributed by atoms with Gasteiger partial charge in [0.05, 0.1) is 31.3 Å². The number of amides is 1. The number of rotatable bonds is 7. The fourth-order valence-electron chi connectivity index (χ4n) is 1.63. The Morgan fingerprint density at radius 2 is 1.86 bits per heavy atom. The number of hydrogen-bond donors (Lipinski definition) is 1. The molecule has 1 amide bonds. The van der Waals surface area contributed by atoms with Gasteiger partial charge >= 0.3 is 0 Å². The van der Waals surface area contributed by atoms with Crippen molar-refractivity contribution in [1.82, 2.24) is 9.97 Å². The average molecular weight is 287 g/mol. The van der Waals surface area contributed by atoms with Crippen molar-refractivity contribution >= 4 is 11.6 Å². The average Bonchev–Trinajstić information content (AvgIpc) is 2.53. The highest BCUT2D eigenvalue weighted by Gasteiger charge is 2.04. The molecule has 0 aliphatic carbocycles. The Labute approximate surface area is 123 Å². The number of nitrogens with zero attached hydrogens (tertiary/aromatic N) is 2. The lowest BCUT2D eigenvalue weighted by atomic mass is 10.2. The lowest BCUT2D eigenvalue weighted by molar-refractivity contribution is -0.121. The van der Waals surface area contributed by atoms with E-state index in [0.29, 0.717) is 24.7 Å². The number of benzene rings is 1. The zero-order valence-electron chi connectivity index (χ0n) is 11.8. The summed E-state index contributed by atoms with van der Waals surface area (Å²) in [6, 6.07) is 9.63. The molecule has 2 rings (SSSR count). The quantitative estimate of drug-likeness (QED) is 0.785. The van der Waals surface area contributed by atoms with Crippen LogP contribution in [0.2, 0.25) is 0 Å². The molecule has 1 aromatic heterocycles. The second-order valence-corrected chi connectivity index (χ2v) is 4.25. The number of hydrogen-bond acceptors (Lipinski definition) is 5. The smallest absolute Gasteiger partial charge is 0.250 e. The molecule has 1 N–H and O–H groups in total. The minimum atomic E-state index is -0.248. The monoisotopic (exact) mass is 287 g/mol. The van der Waals surface area contributed by atoms with Crippen LogP contribution in [-0.4, -0.2) is 42.8 Å². The van der Waals surface area contributed by atoms with Crippen LogP contribution in [0, 0.1) is 0 Å². The summed E-state index contributed by atoms with van der Waals surface area (Å²) in [5.41, 5.74) is 1.47. The Morgan fingerprint density at radius 1 is 1.14 bits per heavy atom. The SMILES string of the molecule is COCCOCC(=O)Nc1cnc(-c2ccccc2)nc1. The van der Waals surface area contributed by atoms with Gasteiger partial charge in [0.2, 0.25) is 5.91 Å². The summed E-state index contributed by atoms with van der Waals surface area (Å²) in [5.74, 6) is 0.368. The van der Waals surface area contributed by atoms with E-state index in [9.17, 15) is 4.79 Å². The first-order valence-electron chi connectivity index (χ1n) is 6.53. The first kappa shape index (κ1) is 15.1. The van der Waals surface area contributed by atoms with Gasteiger partial charge in [-0.3, -0.25) is 4.79 Å². The van der Waals surface area contributed by atoms with Gasteiger partial charge in [-0.1, -0.05) is 30.3 Å². The third kappa shape index (κ3) is 4.94. The molecule has 0 unspecified atom stereocenters. The van der Waals surface area contributed by atoms with Crippen molar-refractivity contribution in [1.29, 1.82) is 0 Å². The van der Waals surface area contributed by atoms with E-state index in [1.165, 1.54) is 0 Å². The maximum absolute atomic E-state index is 11.6. The summed E-state index contributed by atoms with van der Waals surface area (Å²) in [7, 11) is 1.58. The molecule has 0 saturated heterocycles. The number of aromatic nitrogens is 2. The molecule has 6 nitrogen and oxygen atoms in total. The van der Waals surface area contributed by atoms with Crippen molar-refractivity contribution in [2.45, 2.75) is 0 Å². The van der Waals surface area contributed by atoms with Crippen LogP contribution in [0.15, 0.2) is 42.7 Å². The third-order valence-corrected chi connectivity index (χ3v) is 2.63. The summed E-state index contributed by atoms with van der Waals surface area (Å²) in [6.07, 6.45) is 3.14. The number of carbonyl (C=O) groups excluding carboxylic acids is 1. The lowest BCUT2D eigenvalue weighted by Crippen LogP contribution is -2.19. The molecule has 21 heavy (non-hydrogen) atoms. The van der Waals surface area contributed by atoms with Crippen LogP contribution in [0.25, 0.3) is 11.4 Å². The van der Waals surface area contributed by atoms with E-state index in [2.05, 4.69) is 15.3 Å². The van der Waals surface area contributed by atoms with Crippen molar-refractivity contribution in [3.8, 4) is 11.4 Å². The van der Waals surface area contributed by atoms with Crippen molar-refractivity contribution in [2.24, 2.45) is 0 Å². The Bertz CT molecular complexity index is 558. The van der Waals surface area contributed by atoms with Gasteiger partial charge in [0.25, 0.3) is 0 Å². The highest BCUT2D eigenvalue weighted by Crippen LogP contribution is 2.14. The highest BCUT2D eigenvalue weighted by atomic mass is 16.5. The predicted octanol–water partition coefficient (Wildman–Crippen LogP) is 1.75. The van der Waals surface area contributed by atoms with Crippen LogP contribution in [0.4, 0.5) is 5.69 Å². The van der Waals surface area contributed by atoms with E-state index in [1.54, 1.807) is 19.5 Å². The number of anilines is 1. The molecule has 110 valence electrons. The molecule has 0 spiro atoms. The van der Waals surface area contributed by atoms with Crippen molar-refractivity contribution < 1.29 is 14.3 Å². The van der Waals surface area contributed by atoms with E-state index in [1.807, 2.05) is 30.3 Å². The number of ether oxygens (including phenoxy) is 2. The molecule has 0 radical (unpaired) electrons. The summed E-state index contributed by atoms with van der Waals surface area (Å²) in [5, 5.41) is 2.67. The Balaban J connectivity index is 1.86. The minimum Gasteiger partial charge on any atom is -0.382 e. The number of methoxy groups -OCH3 is 1. The Kier molecular flexibility index (Phi) is 5.81. The van der Waals surface area contributed by atoms with E-state index in [4.69, 9.17) is 9.47 Å². The molecule has 0 aliphatic heterocycles. The van der Waals surface area contributed by atoms with Gasteiger partial charge in [-0.25, -0.2) is 9.97 Å². The van der Waals surface area contributed by atoms with Gasteiger partial charge in [-0.15, -0.1) is 0 Å². The van der Waals surface area contributed by atoms with Gasteiger partial charge in [0.1, 0.15) is 6.61 Å². The molecule has 0 aliphatic rings. The fraction of sp³-hybridized carbons (Fsp3) is 0.267. The highest BCUT2D eigenvalue weighted by molar-refractivity contribution is 5.91. The third-order valence-electron chi connectivity index (χ3n) is 2.63. The van der Waals surface area contributed by atoms with Crippen LogP contribution in [-0.2, 0) is 14.3 Å². The molecular weight excluding hydrogens is 270 g/mol. The van der Waals surface area contributed by atoms with Crippen LogP contribution in [0.3, 0.4) is 0 Å². The largest absolute Gasteiger partial charge is 0.382 e. The van der Waals surface area contributed by atoms with E-state index < -0.39 is 0 Å². The Morgan fingerprint density at radius 3 is 2.52 bits per heavy atom.